The van der Waals surface area contributed by atoms with E-state index in [1.54, 1.807) is 36.7 Å². The van der Waals surface area contributed by atoms with Crippen LogP contribution in [0.3, 0.4) is 0 Å². The van der Waals surface area contributed by atoms with Crippen molar-refractivity contribution in [1.82, 2.24) is 4.98 Å². The minimum atomic E-state index is -0.163. The molecule has 0 spiro atoms. The Balaban J connectivity index is 1.57. The van der Waals surface area contributed by atoms with Crippen LogP contribution in [-0.2, 0) is 4.79 Å². The minimum absolute atomic E-state index is 0.163. The lowest BCUT2D eigenvalue weighted by molar-refractivity contribution is -0.111. The fourth-order valence-corrected chi connectivity index (χ4v) is 3.36. The lowest BCUT2D eigenvalue weighted by Crippen LogP contribution is -2.07. The van der Waals surface area contributed by atoms with Crippen LogP contribution in [0.15, 0.2) is 76.1 Å². The molecule has 0 saturated heterocycles. The molecule has 0 unspecified atom stereocenters. The van der Waals surface area contributed by atoms with Gasteiger partial charge >= 0.3 is 0 Å². The second-order valence-corrected chi connectivity index (χ2v) is 7.09. The maximum Gasteiger partial charge on any atom is 0.248 e. The largest absolute Gasteiger partial charge is 0.497 e. The number of anilines is 1. The zero-order valence-electron chi connectivity index (χ0n) is 13.5. The molecule has 1 heterocycles. The summed E-state index contributed by atoms with van der Waals surface area (Å²) < 4.78 is 5.16. The van der Waals surface area contributed by atoms with Crippen LogP contribution in [0.25, 0.3) is 6.08 Å². The Morgan fingerprint density at radius 2 is 1.80 bits per heavy atom. The van der Waals surface area contributed by atoms with E-state index >= 15 is 0 Å². The van der Waals surface area contributed by atoms with Crippen LogP contribution < -0.4 is 10.1 Å². The number of hydrogen-bond acceptors (Lipinski definition) is 5. The lowest BCUT2D eigenvalue weighted by atomic mass is 10.3. The summed E-state index contributed by atoms with van der Waals surface area (Å²) in [5.74, 6) is 0.678. The number of thiazole rings is 1. The average Bonchev–Trinajstić information content (AvgIpc) is 3.16. The van der Waals surface area contributed by atoms with E-state index in [1.165, 1.54) is 17.4 Å². The number of benzene rings is 2. The van der Waals surface area contributed by atoms with E-state index in [-0.39, 0.29) is 5.91 Å². The SMILES string of the molecule is COc1ccc(Sc2ccc(NC(=O)/C=C/c3cncs3)cc2)cc1. The average molecular weight is 368 g/mol. The minimum Gasteiger partial charge on any atom is -0.497 e. The molecule has 1 N–H and O–H groups in total. The molecule has 3 aromatic rings. The van der Waals surface area contributed by atoms with Crippen molar-refractivity contribution in [3.8, 4) is 5.75 Å². The molecule has 0 aliphatic carbocycles. The Hall–Kier alpha value is -2.57. The van der Waals surface area contributed by atoms with Crippen LogP contribution in [0.5, 0.6) is 5.75 Å². The Morgan fingerprint density at radius 3 is 2.40 bits per heavy atom. The topological polar surface area (TPSA) is 51.2 Å². The normalized spacial score (nSPS) is 10.8. The molecule has 0 fully saturated rings. The molecule has 1 amide bonds. The number of aromatic nitrogens is 1. The van der Waals surface area contributed by atoms with Gasteiger partial charge in [-0.05, 0) is 54.6 Å². The van der Waals surface area contributed by atoms with Crippen molar-refractivity contribution in [2.45, 2.75) is 9.79 Å². The highest BCUT2D eigenvalue weighted by atomic mass is 32.2. The molecule has 6 heteroatoms. The molecule has 0 bridgehead atoms. The zero-order valence-corrected chi connectivity index (χ0v) is 15.1. The van der Waals surface area contributed by atoms with Gasteiger partial charge in [-0.3, -0.25) is 9.78 Å². The van der Waals surface area contributed by atoms with Gasteiger partial charge in [0.15, 0.2) is 0 Å². The fraction of sp³-hybridized carbons (Fsp3) is 0.0526. The first-order chi connectivity index (χ1) is 12.2. The van der Waals surface area contributed by atoms with E-state index in [0.29, 0.717) is 0 Å². The molecule has 126 valence electrons. The van der Waals surface area contributed by atoms with Crippen molar-refractivity contribution in [2.75, 3.05) is 12.4 Å². The van der Waals surface area contributed by atoms with Gasteiger partial charge < -0.3 is 10.1 Å². The molecule has 4 nitrogen and oxygen atoms in total. The van der Waals surface area contributed by atoms with E-state index in [1.807, 2.05) is 48.5 Å². The second kappa shape index (κ2) is 8.50. The molecular formula is C19H16N2O2S2. The Morgan fingerprint density at radius 1 is 1.12 bits per heavy atom. The van der Waals surface area contributed by atoms with Crippen LogP contribution in [0.2, 0.25) is 0 Å². The highest BCUT2D eigenvalue weighted by molar-refractivity contribution is 7.99. The third-order valence-corrected chi connectivity index (χ3v) is 5.02. The first-order valence-electron chi connectivity index (χ1n) is 7.52. The number of ether oxygens (including phenoxy) is 1. The van der Waals surface area contributed by atoms with Gasteiger partial charge in [0.2, 0.25) is 5.91 Å². The molecule has 25 heavy (non-hydrogen) atoms. The first kappa shape index (κ1) is 17.3. The summed E-state index contributed by atoms with van der Waals surface area (Å²) in [5.41, 5.74) is 2.49. The summed E-state index contributed by atoms with van der Waals surface area (Å²) in [6, 6.07) is 15.7. The van der Waals surface area contributed by atoms with Gasteiger partial charge in [-0.2, -0.15) is 0 Å². The number of nitrogens with one attached hydrogen (secondary N) is 1. The third-order valence-electron chi connectivity index (χ3n) is 3.27. The molecule has 0 radical (unpaired) electrons. The summed E-state index contributed by atoms with van der Waals surface area (Å²) in [7, 11) is 1.65. The van der Waals surface area contributed by atoms with Gasteiger partial charge in [0, 0.05) is 32.6 Å². The smallest absolute Gasteiger partial charge is 0.248 e. The molecule has 3 rings (SSSR count). The van der Waals surface area contributed by atoms with Gasteiger partial charge in [-0.1, -0.05) is 11.8 Å². The number of carbonyl (C=O) groups is 1. The van der Waals surface area contributed by atoms with E-state index < -0.39 is 0 Å². The van der Waals surface area contributed by atoms with Crippen molar-refractivity contribution in [3.05, 3.63) is 71.2 Å². The predicted molar refractivity (Wildman–Crippen MR) is 103 cm³/mol. The molecule has 0 atom stereocenters. The summed E-state index contributed by atoms with van der Waals surface area (Å²) in [5, 5.41) is 2.84. The Kier molecular flexibility index (Phi) is 5.87. The number of carbonyl (C=O) groups excluding carboxylic acids is 1. The molecule has 0 saturated carbocycles. The molecule has 2 aromatic carbocycles. The van der Waals surface area contributed by atoms with Crippen LogP contribution >= 0.6 is 23.1 Å². The summed E-state index contributed by atoms with van der Waals surface area (Å²) in [4.78, 5) is 19.1. The van der Waals surface area contributed by atoms with Gasteiger partial charge in [0.25, 0.3) is 0 Å². The van der Waals surface area contributed by atoms with Crippen molar-refractivity contribution >= 4 is 40.8 Å². The molecule has 1 aromatic heterocycles. The number of nitrogens with zero attached hydrogens (tertiary/aromatic N) is 1. The standard InChI is InChI=1S/C19H16N2O2S2/c1-23-15-4-8-17(9-5-15)25-16-6-2-14(3-7-16)21-19(22)11-10-18-12-20-13-24-18/h2-13H,1H3,(H,21,22)/b11-10+. The maximum atomic E-state index is 11.9. The van der Waals surface area contributed by atoms with Crippen LogP contribution in [0, 0.1) is 0 Å². The highest BCUT2D eigenvalue weighted by Gasteiger charge is 2.01. The van der Waals surface area contributed by atoms with Crippen molar-refractivity contribution in [2.24, 2.45) is 0 Å². The molecule has 0 aliphatic rings. The van der Waals surface area contributed by atoms with Crippen LogP contribution in [0.4, 0.5) is 5.69 Å². The third kappa shape index (κ3) is 5.20. The zero-order chi connectivity index (χ0) is 17.5. The van der Waals surface area contributed by atoms with E-state index in [4.69, 9.17) is 4.74 Å². The second-order valence-electron chi connectivity index (χ2n) is 5.03. The first-order valence-corrected chi connectivity index (χ1v) is 9.22. The van der Waals surface area contributed by atoms with Crippen molar-refractivity contribution in [3.63, 3.8) is 0 Å². The van der Waals surface area contributed by atoms with Gasteiger partial charge in [-0.15, -0.1) is 11.3 Å². The predicted octanol–water partition coefficient (Wildman–Crippen LogP) is 4.95. The lowest BCUT2D eigenvalue weighted by Gasteiger charge is -2.06. The van der Waals surface area contributed by atoms with Crippen LogP contribution in [-0.4, -0.2) is 18.0 Å². The fourth-order valence-electron chi connectivity index (χ4n) is 2.04. The quantitative estimate of drug-likeness (QED) is 0.625. The summed E-state index contributed by atoms with van der Waals surface area (Å²) in [6.07, 6.45) is 4.98. The van der Waals surface area contributed by atoms with E-state index in [9.17, 15) is 4.79 Å². The summed E-state index contributed by atoms with van der Waals surface area (Å²) >= 11 is 3.14. The van der Waals surface area contributed by atoms with Gasteiger partial charge in [0.05, 0.1) is 12.6 Å². The Labute approximate surface area is 154 Å². The van der Waals surface area contributed by atoms with Gasteiger partial charge in [-0.25, -0.2) is 0 Å². The highest BCUT2D eigenvalue weighted by Crippen LogP contribution is 2.29. The van der Waals surface area contributed by atoms with Crippen molar-refractivity contribution < 1.29 is 9.53 Å². The maximum absolute atomic E-state index is 11.9. The van der Waals surface area contributed by atoms with Crippen LogP contribution in [0.1, 0.15) is 4.88 Å². The summed E-state index contributed by atoms with van der Waals surface area (Å²) in [6.45, 7) is 0. The van der Waals surface area contributed by atoms with E-state index in [0.717, 1.165) is 26.1 Å². The number of rotatable bonds is 6. The van der Waals surface area contributed by atoms with E-state index in [2.05, 4.69) is 10.3 Å². The number of amides is 1. The van der Waals surface area contributed by atoms with Gasteiger partial charge in [0.1, 0.15) is 5.75 Å². The van der Waals surface area contributed by atoms with Crippen molar-refractivity contribution in [1.29, 1.82) is 0 Å². The molecule has 0 aliphatic heterocycles. The monoisotopic (exact) mass is 368 g/mol. The number of hydrogen-bond donors (Lipinski definition) is 1. The number of methoxy groups -OCH3 is 1. The Bertz CT molecular complexity index is 842. The molecular weight excluding hydrogens is 352 g/mol.